The maximum absolute atomic E-state index is 6.56. The van der Waals surface area contributed by atoms with Gasteiger partial charge < -0.3 is 9.47 Å². The summed E-state index contributed by atoms with van der Waals surface area (Å²) in [5.41, 5.74) is 4.90. The Morgan fingerprint density at radius 1 is 0.760 bits per heavy atom. The summed E-state index contributed by atoms with van der Waals surface area (Å²) < 4.78 is 15.3. The van der Waals surface area contributed by atoms with E-state index in [1.54, 1.807) is 0 Å². The number of fused-ring (bicyclic) bond motifs is 6. The molecule has 2 atom stereocenters. The van der Waals surface area contributed by atoms with Crippen LogP contribution >= 0.6 is 31.9 Å². The fourth-order valence-corrected chi connectivity index (χ4v) is 4.73. The third kappa shape index (κ3) is 3.35. The van der Waals surface area contributed by atoms with Crippen LogP contribution in [0, 0.1) is 13.8 Å². The molecule has 0 aliphatic carbocycles. The maximum Gasteiger partial charge on any atom is 0.137 e. The molecule has 4 rings (SSSR count). The Kier molecular flexibility index (Phi) is 4.85. The molecule has 2 aromatic rings. The molecule has 0 fully saturated rings. The fraction of sp³-hybridized carbons (Fsp3) is 0.429. The second-order valence-corrected chi connectivity index (χ2v) is 8.77. The molecule has 0 spiro atoms. The zero-order valence-corrected chi connectivity index (χ0v) is 17.7. The zero-order valence-electron chi connectivity index (χ0n) is 14.6. The van der Waals surface area contributed by atoms with Crippen LogP contribution in [0.1, 0.15) is 41.5 Å². The van der Waals surface area contributed by atoms with Crippen LogP contribution in [-0.2, 0) is 12.8 Å². The smallest absolute Gasteiger partial charge is 0.137 e. The quantitative estimate of drug-likeness (QED) is 0.454. The van der Waals surface area contributed by atoms with Crippen molar-refractivity contribution in [2.45, 2.75) is 58.2 Å². The van der Waals surface area contributed by atoms with Crippen LogP contribution < -0.4 is 9.47 Å². The van der Waals surface area contributed by atoms with E-state index >= 15 is 0 Å². The summed E-state index contributed by atoms with van der Waals surface area (Å²) in [7, 11) is 0. The van der Waals surface area contributed by atoms with E-state index in [4.69, 9.17) is 9.47 Å². The first-order valence-electron chi connectivity index (χ1n) is 8.92. The second-order valence-electron chi connectivity index (χ2n) is 7.19. The van der Waals surface area contributed by atoms with Gasteiger partial charge in [0.25, 0.3) is 0 Å². The first kappa shape index (κ1) is 17.4. The van der Waals surface area contributed by atoms with Gasteiger partial charge in [-0.05, 0) is 87.2 Å². The second kappa shape index (κ2) is 6.96. The first-order valence-corrected chi connectivity index (χ1v) is 10.5. The Labute approximate surface area is 166 Å². The molecule has 0 amide bonds. The predicted octanol–water partition coefficient (Wildman–Crippen LogP) is 6.31. The Balaban J connectivity index is 1.83. The van der Waals surface area contributed by atoms with Crippen molar-refractivity contribution in [3.63, 3.8) is 0 Å². The highest BCUT2D eigenvalue weighted by Gasteiger charge is 2.28. The van der Waals surface area contributed by atoms with Gasteiger partial charge in [-0.25, -0.2) is 0 Å². The zero-order chi connectivity index (χ0) is 17.6. The van der Waals surface area contributed by atoms with Gasteiger partial charge in [-0.2, -0.15) is 0 Å². The van der Waals surface area contributed by atoms with E-state index in [9.17, 15) is 0 Å². The van der Waals surface area contributed by atoms with Gasteiger partial charge in [0.2, 0.25) is 0 Å². The average molecular weight is 466 g/mol. The summed E-state index contributed by atoms with van der Waals surface area (Å²) in [4.78, 5) is 0. The van der Waals surface area contributed by atoms with E-state index in [-0.39, 0.29) is 12.2 Å². The number of ether oxygens (including phenoxy) is 2. The van der Waals surface area contributed by atoms with Crippen LogP contribution in [0.2, 0.25) is 0 Å². The predicted molar refractivity (Wildman–Crippen MR) is 108 cm³/mol. The standard InChI is InChI=1S/C21H22Br2O2/c1-12-6-8-14-10-17-5-3-4-16(24-20(14)18(12)22)11-15-9-7-13(2)19(23)21(15)25-17/h6-9,16-17H,3-5,10-11H2,1-2H3. The third-order valence-corrected chi connectivity index (χ3v) is 7.23. The lowest BCUT2D eigenvalue weighted by atomic mass is 10.0. The van der Waals surface area contributed by atoms with Gasteiger partial charge in [0.15, 0.2) is 0 Å². The van der Waals surface area contributed by atoms with Gasteiger partial charge in [-0.15, -0.1) is 0 Å². The molecular formula is C21H22Br2O2. The summed E-state index contributed by atoms with van der Waals surface area (Å²) in [6.07, 6.45) is 5.35. The van der Waals surface area contributed by atoms with E-state index in [0.717, 1.165) is 52.5 Å². The minimum atomic E-state index is 0.172. The highest BCUT2D eigenvalue weighted by Crippen LogP contribution is 2.41. The third-order valence-electron chi connectivity index (χ3n) is 5.26. The minimum Gasteiger partial charge on any atom is -0.489 e. The monoisotopic (exact) mass is 464 g/mol. The van der Waals surface area contributed by atoms with E-state index < -0.39 is 0 Å². The largest absolute Gasteiger partial charge is 0.489 e. The molecule has 2 aliphatic rings. The average Bonchev–Trinajstić information content (AvgIpc) is 2.73. The summed E-state index contributed by atoms with van der Waals surface area (Å²) in [6.45, 7) is 4.23. The summed E-state index contributed by atoms with van der Waals surface area (Å²) in [5.74, 6) is 2.02. The molecule has 2 nitrogen and oxygen atoms in total. The van der Waals surface area contributed by atoms with Crippen molar-refractivity contribution in [3.05, 3.63) is 55.5 Å². The van der Waals surface area contributed by atoms with Crippen molar-refractivity contribution in [1.29, 1.82) is 0 Å². The van der Waals surface area contributed by atoms with Crippen molar-refractivity contribution in [3.8, 4) is 11.5 Å². The van der Waals surface area contributed by atoms with Gasteiger partial charge in [-0.1, -0.05) is 24.3 Å². The van der Waals surface area contributed by atoms with Crippen LogP contribution in [0.25, 0.3) is 0 Å². The SMILES string of the molecule is Cc1ccc2c(c1Br)OC1CCCC(C2)Oc2c(ccc(C)c2Br)C1. The summed E-state index contributed by atoms with van der Waals surface area (Å²) >= 11 is 7.50. The minimum absolute atomic E-state index is 0.172. The van der Waals surface area contributed by atoms with Crippen molar-refractivity contribution in [2.75, 3.05) is 0 Å². The molecule has 4 heteroatoms. The van der Waals surface area contributed by atoms with Crippen molar-refractivity contribution in [2.24, 2.45) is 0 Å². The molecule has 0 saturated carbocycles. The van der Waals surface area contributed by atoms with Crippen molar-refractivity contribution in [1.82, 2.24) is 0 Å². The molecule has 2 aliphatic heterocycles. The van der Waals surface area contributed by atoms with E-state index in [1.807, 2.05) is 0 Å². The van der Waals surface area contributed by atoms with Crippen LogP contribution in [0.15, 0.2) is 33.2 Å². The molecule has 132 valence electrons. The van der Waals surface area contributed by atoms with Gasteiger partial charge in [0, 0.05) is 12.8 Å². The number of benzene rings is 2. The first-order chi connectivity index (χ1) is 12.0. The number of rotatable bonds is 0. The molecule has 2 aromatic carbocycles. The number of aryl methyl sites for hydroxylation is 2. The van der Waals surface area contributed by atoms with Gasteiger partial charge in [0.05, 0.1) is 8.95 Å². The molecule has 0 saturated heterocycles. The Hall–Kier alpha value is -1.000. The van der Waals surface area contributed by atoms with Gasteiger partial charge in [-0.3, -0.25) is 0 Å². The number of hydrogen-bond donors (Lipinski definition) is 0. The normalized spacial score (nSPS) is 22.2. The number of halogens is 2. The van der Waals surface area contributed by atoms with Crippen LogP contribution in [0.5, 0.6) is 11.5 Å². The molecule has 0 radical (unpaired) electrons. The van der Waals surface area contributed by atoms with Gasteiger partial charge >= 0.3 is 0 Å². The highest BCUT2D eigenvalue weighted by molar-refractivity contribution is 9.11. The van der Waals surface area contributed by atoms with Crippen molar-refractivity contribution >= 4 is 31.9 Å². The molecule has 0 N–H and O–H groups in total. The highest BCUT2D eigenvalue weighted by atomic mass is 79.9. The van der Waals surface area contributed by atoms with Crippen LogP contribution in [0.4, 0.5) is 0 Å². The van der Waals surface area contributed by atoms with Crippen LogP contribution in [-0.4, -0.2) is 12.2 Å². The molecule has 2 unspecified atom stereocenters. The molecule has 25 heavy (non-hydrogen) atoms. The lowest BCUT2D eigenvalue weighted by molar-refractivity contribution is 0.186. The van der Waals surface area contributed by atoms with E-state index in [1.165, 1.54) is 22.3 Å². The molecule has 2 heterocycles. The Morgan fingerprint density at radius 3 is 1.64 bits per heavy atom. The van der Waals surface area contributed by atoms with E-state index in [2.05, 4.69) is 70.0 Å². The Bertz CT molecular complexity index is 749. The number of hydrogen-bond acceptors (Lipinski definition) is 2. The lowest BCUT2D eigenvalue weighted by Gasteiger charge is -2.26. The summed E-state index contributed by atoms with van der Waals surface area (Å²) in [5, 5.41) is 0. The Morgan fingerprint density at radius 2 is 1.20 bits per heavy atom. The topological polar surface area (TPSA) is 18.5 Å². The van der Waals surface area contributed by atoms with E-state index in [0.29, 0.717) is 0 Å². The summed E-state index contributed by atoms with van der Waals surface area (Å²) in [6, 6.07) is 8.72. The molecule has 2 bridgehead atoms. The van der Waals surface area contributed by atoms with Crippen molar-refractivity contribution < 1.29 is 9.47 Å². The molecule has 0 aromatic heterocycles. The fourth-order valence-electron chi connectivity index (χ4n) is 3.77. The van der Waals surface area contributed by atoms with Crippen LogP contribution in [0.3, 0.4) is 0 Å². The molecular weight excluding hydrogens is 444 g/mol. The maximum atomic E-state index is 6.56. The lowest BCUT2D eigenvalue weighted by Crippen LogP contribution is -2.23. The van der Waals surface area contributed by atoms with Gasteiger partial charge in [0.1, 0.15) is 23.7 Å².